The summed E-state index contributed by atoms with van der Waals surface area (Å²) in [5.41, 5.74) is 0. The zero-order chi connectivity index (χ0) is 38.5. The van der Waals surface area contributed by atoms with Gasteiger partial charge in [0.1, 0.15) is 6.61 Å². The molecule has 8 heteroatoms. The molecule has 2 unspecified atom stereocenters. The molecule has 0 aliphatic carbocycles. The highest BCUT2D eigenvalue weighted by atomic mass is 16.6. The lowest BCUT2D eigenvalue weighted by atomic mass is 10.1. The Balaban J connectivity index is 4.35. The normalized spacial score (nSPS) is 13.2. The molecule has 0 spiro atoms. The molecule has 0 amide bonds. The van der Waals surface area contributed by atoms with E-state index in [4.69, 9.17) is 14.2 Å². The third-order valence-corrected chi connectivity index (χ3v) is 9.57. The smallest absolute Gasteiger partial charge is 0.362 e. The predicted molar refractivity (Wildman–Crippen MR) is 215 cm³/mol. The van der Waals surface area contributed by atoms with Crippen LogP contribution in [0.2, 0.25) is 0 Å². The molecule has 0 saturated carbocycles. The highest BCUT2D eigenvalue weighted by Gasteiger charge is 2.31. The largest absolute Gasteiger partial charge is 0.477 e. The number of carboxylic acid groups (broad SMARTS) is 1. The van der Waals surface area contributed by atoms with E-state index in [1.54, 1.807) is 0 Å². The number of carbonyl (C=O) groups excluding carboxylic acids is 2. The summed E-state index contributed by atoms with van der Waals surface area (Å²) in [7, 11) is 5.52. The summed E-state index contributed by atoms with van der Waals surface area (Å²) in [5.74, 6) is -1.48. The van der Waals surface area contributed by atoms with Crippen LogP contribution in [-0.2, 0) is 28.6 Å². The van der Waals surface area contributed by atoms with Gasteiger partial charge in [-0.2, -0.15) is 0 Å². The van der Waals surface area contributed by atoms with Gasteiger partial charge in [-0.1, -0.05) is 134 Å². The number of carbonyl (C=O) groups is 3. The van der Waals surface area contributed by atoms with Crippen molar-refractivity contribution in [2.75, 3.05) is 41.0 Å². The molecule has 304 valence electrons. The minimum absolute atomic E-state index is 0.0547. The van der Waals surface area contributed by atoms with E-state index < -0.39 is 18.1 Å². The monoisotopic (exact) mass is 737 g/mol. The van der Waals surface area contributed by atoms with Crippen LogP contribution in [0.15, 0.2) is 24.3 Å². The topological polar surface area (TPSA) is 99.1 Å². The summed E-state index contributed by atoms with van der Waals surface area (Å²) < 4.78 is 17.2. The molecule has 0 aromatic rings. The Morgan fingerprint density at radius 3 is 1.44 bits per heavy atom. The number of ether oxygens (including phenoxy) is 3. The third-order valence-electron chi connectivity index (χ3n) is 9.57. The van der Waals surface area contributed by atoms with Crippen molar-refractivity contribution in [2.24, 2.45) is 0 Å². The fraction of sp³-hybridized carbons (Fsp3) is 0.841. The van der Waals surface area contributed by atoms with Crippen molar-refractivity contribution in [1.82, 2.24) is 0 Å². The number of nitrogens with zero attached hydrogens (tertiary/aromatic N) is 1. The van der Waals surface area contributed by atoms with Gasteiger partial charge >= 0.3 is 17.9 Å². The Bertz CT molecular complexity index is 911. The van der Waals surface area contributed by atoms with Crippen LogP contribution in [0.3, 0.4) is 0 Å². The van der Waals surface area contributed by atoms with Crippen LogP contribution >= 0.6 is 0 Å². The summed E-state index contributed by atoms with van der Waals surface area (Å²) in [5, 5.41) is 9.60. The first-order chi connectivity index (χ1) is 25.1. The second-order valence-electron chi connectivity index (χ2n) is 15.6. The molecule has 0 aromatic heterocycles. The number of carboxylic acids is 1. The first-order valence-electron chi connectivity index (χ1n) is 21.4. The number of hydrogen-bond acceptors (Lipinski definition) is 6. The maximum atomic E-state index is 12.7. The predicted octanol–water partition coefficient (Wildman–Crippen LogP) is 11.3. The summed E-state index contributed by atoms with van der Waals surface area (Å²) >= 11 is 0. The Hall–Kier alpha value is -2.19. The van der Waals surface area contributed by atoms with Gasteiger partial charge < -0.3 is 23.8 Å². The molecule has 52 heavy (non-hydrogen) atoms. The zero-order valence-electron chi connectivity index (χ0n) is 34.5. The van der Waals surface area contributed by atoms with Crippen molar-refractivity contribution < 1.29 is 38.2 Å². The molecule has 2 atom stereocenters. The molecule has 0 heterocycles. The minimum atomic E-state index is -0.876. The Kier molecular flexibility index (Phi) is 34.3. The van der Waals surface area contributed by atoms with Crippen molar-refractivity contribution in [3.8, 4) is 0 Å². The Morgan fingerprint density at radius 2 is 0.981 bits per heavy atom. The summed E-state index contributed by atoms with van der Waals surface area (Å²) in [6, 6.07) is -0.613. The Labute approximate surface area is 320 Å². The number of allylic oxidation sites excluding steroid dienone is 4. The van der Waals surface area contributed by atoms with E-state index in [-0.39, 0.29) is 36.2 Å². The molecule has 0 fully saturated rings. The Morgan fingerprint density at radius 1 is 0.558 bits per heavy atom. The van der Waals surface area contributed by atoms with Gasteiger partial charge in [0.2, 0.25) is 0 Å². The number of esters is 2. The summed E-state index contributed by atoms with van der Waals surface area (Å²) in [4.78, 5) is 36.9. The van der Waals surface area contributed by atoms with Crippen molar-refractivity contribution in [1.29, 1.82) is 0 Å². The molecule has 8 nitrogen and oxygen atoms in total. The number of quaternary nitrogens is 1. The molecule has 0 bridgehead atoms. The van der Waals surface area contributed by atoms with Crippen molar-refractivity contribution in [3.05, 3.63) is 24.3 Å². The molecule has 0 aliphatic heterocycles. The maximum Gasteiger partial charge on any atom is 0.362 e. The first-order valence-corrected chi connectivity index (χ1v) is 21.4. The molecule has 0 aromatic carbocycles. The lowest BCUT2D eigenvalue weighted by Gasteiger charge is -2.31. The van der Waals surface area contributed by atoms with Crippen LogP contribution < -0.4 is 0 Å². The second kappa shape index (κ2) is 35.8. The standard InChI is InChI=1S/C44H81NO7/c1-6-8-10-12-14-16-18-19-20-21-22-23-25-27-29-31-33-35-43(47)52-40(38-50-37-36-41(44(48)49)45(3,4)5)39-51-42(46)34-32-30-28-26-24-17-15-13-11-9-7-2/h13,15,19-20,40-41H,6-12,14,16-18,21-39H2,1-5H3/p+1/b15-13+,20-19+. The van der Waals surface area contributed by atoms with Gasteiger partial charge in [0.05, 0.1) is 34.4 Å². The maximum absolute atomic E-state index is 12.7. The number of rotatable bonds is 38. The number of hydrogen-bond donors (Lipinski definition) is 1. The van der Waals surface area contributed by atoms with E-state index in [9.17, 15) is 19.5 Å². The third kappa shape index (κ3) is 33.6. The van der Waals surface area contributed by atoms with E-state index in [0.29, 0.717) is 19.3 Å². The van der Waals surface area contributed by atoms with Gasteiger partial charge in [-0.15, -0.1) is 0 Å². The molecule has 1 N–H and O–H groups in total. The fourth-order valence-corrected chi connectivity index (χ4v) is 6.18. The van der Waals surface area contributed by atoms with Crippen molar-refractivity contribution in [3.63, 3.8) is 0 Å². The fourth-order valence-electron chi connectivity index (χ4n) is 6.18. The van der Waals surface area contributed by atoms with Crippen LogP contribution in [-0.4, -0.2) is 80.6 Å². The SMILES string of the molecule is CCCC/C=C/CCCCCCCC(=O)OCC(COCCC(C(=O)O)[N+](C)(C)C)OC(=O)CCCCCCCCC/C=C/CCCCCCCC. The summed E-state index contributed by atoms with van der Waals surface area (Å²) in [6.45, 7) is 4.68. The van der Waals surface area contributed by atoms with Gasteiger partial charge in [-0.25, -0.2) is 4.79 Å². The average Bonchev–Trinajstić information content (AvgIpc) is 3.09. The van der Waals surface area contributed by atoms with Gasteiger partial charge in [0.15, 0.2) is 12.1 Å². The highest BCUT2D eigenvalue weighted by molar-refractivity contribution is 5.72. The molecular weight excluding hydrogens is 654 g/mol. The zero-order valence-corrected chi connectivity index (χ0v) is 34.5. The van der Waals surface area contributed by atoms with Crippen LogP contribution in [0.25, 0.3) is 0 Å². The number of likely N-dealkylation sites (N-methyl/N-ethyl adjacent to an activating group) is 1. The second-order valence-corrected chi connectivity index (χ2v) is 15.6. The van der Waals surface area contributed by atoms with E-state index in [2.05, 4.69) is 38.2 Å². The first kappa shape index (κ1) is 49.8. The number of aliphatic carboxylic acids is 1. The molecule has 0 radical (unpaired) electrons. The minimum Gasteiger partial charge on any atom is -0.477 e. The van der Waals surface area contributed by atoms with Crippen molar-refractivity contribution in [2.45, 2.75) is 199 Å². The molecule has 0 saturated heterocycles. The van der Waals surface area contributed by atoms with Gasteiger partial charge in [0.25, 0.3) is 0 Å². The lowest BCUT2D eigenvalue weighted by molar-refractivity contribution is -0.887. The van der Waals surface area contributed by atoms with E-state index in [1.807, 2.05) is 21.1 Å². The van der Waals surface area contributed by atoms with Crippen LogP contribution in [0, 0.1) is 0 Å². The summed E-state index contributed by atoms with van der Waals surface area (Å²) in [6.07, 6.45) is 37.9. The quantitative estimate of drug-likeness (QED) is 0.0291. The molecular formula is C44H82NO7+. The van der Waals surface area contributed by atoms with Crippen LogP contribution in [0.4, 0.5) is 0 Å². The van der Waals surface area contributed by atoms with Gasteiger partial charge in [0, 0.05) is 19.3 Å². The molecule has 0 aliphatic rings. The highest BCUT2D eigenvalue weighted by Crippen LogP contribution is 2.14. The van der Waals surface area contributed by atoms with E-state index in [1.165, 1.54) is 103 Å². The van der Waals surface area contributed by atoms with Crippen LogP contribution in [0.1, 0.15) is 187 Å². The van der Waals surface area contributed by atoms with Gasteiger partial charge in [-0.05, 0) is 57.8 Å². The van der Waals surface area contributed by atoms with E-state index in [0.717, 1.165) is 51.4 Å². The van der Waals surface area contributed by atoms with E-state index >= 15 is 0 Å². The average molecular weight is 737 g/mol. The van der Waals surface area contributed by atoms with Gasteiger partial charge in [-0.3, -0.25) is 9.59 Å². The molecule has 0 rings (SSSR count). The van der Waals surface area contributed by atoms with Crippen LogP contribution in [0.5, 0.6) is 0 Å². The van der Waals surface area contributed by atoms with Crippen molar-refractivity contribution >= 4 is 17.9 Å². The number of unbranched alkanes of at least 4 members (excludes halogenated alkanes) is 20. The lowest BCUT2D eigenvalue weighted by Crippen LogP contribution is -2.50.